The van der Waals surface area contributed by atoms with E-state index >= 15 is 0 Å². The number of carbonyl (C=O) groups excluding carboxylic acids is 1. The first-order chi connectivity index (χ1) is 9.58. The Balaban J connectivity index is 2.79. The summed E-state index contributed by atoms with van der Waals surface area (Å²) in [7, 11) is 3.31. The Morgan fingerprint density at radius 3 is 2.30 bits per heavy atom. The maximum Gasteiger partial charge on any atom is 0.159 e. The van der Waals surface area contributed by atoms with Crippen molar-refractivity contribution in [3.05, 3.63) is 29.3 Å². The van der Waals surface area contributed by atoms with Gasteiger partial charge in [-0.05, 0) is 25.1 Å². The molecule has 0 heterocycles. The minimum absolute atomic E-state index is 0.00779. The van der Waals surface area contributed by atoms with Gasteiger partial charge in [-0.1, -0.05) is 0 Å². The first-order valence-corrected chi connectivity index (χ1v) is 6.61. The standard InChI is InChI=1S/C15H23NO4/c1-12(17)13-4-5-15(18)14(10-13)11-16(6-8-19-2)7-9-20-3/h4-5,10,18H,6-9,11H2,1-3H3. The van der Waals surface area contributed by atoms with E-state index in [1.54, 1.807) is 32.4 Å². The Hall–Kier alpha value is -1.43. The zero-order valence-electron chi connectivity index (χ0n) is 12.4. The highest BCUT2D eigenvalue weighted by molar-refractivity contribution is 5.94. The van der Waals surface area contributed by atoms with Crippen molar-refractivity contribution in [3.8, 4) is 5.75 Å². The van der Waals surface area contributed by atoms with Crippen LogP contribution < -0.4 is 0 Å². The number of ketones is 1. The monoisotopic (exact) mass is 281 g/mol. The van der Waals surface area contributed by atoms with Crippen LogP contribution in [0.25, 0.3) is 0 Å². The molecule has 5 nitrogen and oxygen atoms in total. The van der Waals surface area contributed by atoms with Gasteiger partial charge in [-0.25, -0.2) is 0 Å². The van der Waals surface area contributed by atoms with Crippen molar-refractivity contribution < 1.29 is 19.4 Å². The fraction of sp³-hybridized carbons (Fsp3) is 0.533. The molecular formula is C15H23NO4. The van der Waals surface area contributed by atoms with E-state index in [4.69, 9.17) is 9.47 Å². The number of hydrogen-bond acceptors (Lipinski definition) is 5. The number of hydrogen-bond donors (Lipinski definition) is 1. The molecule has 0 spiro atoms. The molecule has 1 aromatic carbocycles. The van der Waals surface area contributed by atoms with Crippen LogP contribution in [0.2, 0.25) is 0 Å². The first-order valence-electron chi connectivity index (χ1n) is 6.61. The van der Waals surface area contributed by atoms with Gasteiger partial charge < -0.3 is 14.6 Å². The lowest BCUT2D eigenvalue weighted by molar-refractivity contribution is 0.101. The van der Waals surface area contributed by atoms with E-state index in [-0.39, 0.29) is 11.5 Å². The van der Waals surface area contributed by atoms with Crippen molar-refractivity contribution in [1.82, 2.24) is 4.90 Å². The second-order valence-electron chi connectivity index (χ2n) is 4.66. The van der Waals surface area contributed by atoms with Gasteiger partial charge in [-0.3, -0.25) is 9.69 Å². The molecule has 0 amide bonds. The molecule has 0 radical (unpaired) electrons. The summed E-state index contributed by atoms with van der Waals surface area (Å²) in [5.41, 5.74) is 1.35. The van der Waals surface area contributed by atoms with Crippen LogP contribution >= 0.6 is 0 Å². The van der Waals surface area contributed by atoms with Gasteiger partial charge >= 0.3 is 0 Å². The third kappa shape index (κ3) is 5.28. The Labute approximate surface area is 120 Å². The first kappa shape index (κ1) is 16.6. The van der Waals surface area contributed by atoms with E-state index in [0.717, 1.165) is 18.7 Å². The third-order valence-corrected chi connectivity index (χ3v) is 3.10. The Bertz CT molecular complexity index is 426. The van der Waals surface area contributed by atoms with Crippen molar-refractivity contribution in [1.29, 1.82) is 0 Å². The molecule has 0 saturated carbocycles. The van der Waals surface area contributed by atoms with Crippen LogP contribution in [0, 0.1) is 0 Å². The fourth-order valence-corrected chi connectivity index (χ4v) is 1.88. The fourth-order valence-electron chi connectivity index (χ4n) is 1.88. The van der Waals surface area contributed by atoms with Crippen molar-refractivity contribution in [3.63, 3.8) is 0 Å². The molecule has 5 heteroatoms. The average molecular weight is 281 g/mol. The van der Waals surface area contributed by atoms with Gasteiger partial charge in [-0.15, -0.1) is 0 Å². The Morgan fingerprint density at radius 2 is 1.80 bits per heavy atom. The summed E-state index contributed by atoms with van der Waals surface area (Å²) < 4.78 is 10.2. The van der Waals surface area contributed by atoms with Gasteiger partial charge in [0.25, 0.3) is 0 Å². The third-order valence-electron chi connectivity index (χ3n) is 3.10. The van der Waals surface area contributed by atoms with Gasteiger partial charge in [0.1, 0.15) is 5.75 Å². The van der Waals surface area contributed by atoms with Crippen molar-refractivity contribution in [2.45, 2.75) is 13.5 Å². The van der Waals surface area contributed by atoms with Gasteiger partial charge in [-0.2, -0.15) is 0 Å². The van der Waals surface area contributed by atoms with Gasteiger partial charge in [0.2, 0.25) is 0 Å². The lowest BCUT2D eigenvalue weighted by atomic mass is 10.1. The highest BCUT2D eigenvalue weighted by atomic mass is 16.5. The number of ether oxygens (including phenoxy) is 2. The highest BCUT2D eigenvalue weighted by Gasteiger charge is 2.11. The maximum absolute atomic E-state index is 11.4. The van der Waals surface area contributed by atoms with Crippen LogP contribution in [-0.4, -0.2) is 56.3 Å². The molecule has 0 bridgehead atoms. The molecule has 0 aliphatic rings. The van der Waals surface area contributed by atoms with Crippen LogP contribution in [0.3, 0.4) is 0 Å². The van der Waals surface area contributed by atoms with Crippen LogP contribution in [0.1, 0.15) is 22.8 Å². The number of aromatic hydroxyl groups is 1. The molecule has 0 saturated heterocycles. The number of carbonyl (C=O) groups is 1. The zero-order valence-corrected chi connectivity index (χ0v) is 12.4. The SMILES string of the molecule is COCCN(CCOC)Cc1cc(C(C)=O)ccc1O. The topological polar surface area (TPSA) is 59.0 Å². The van der Waals surface area contributed by atoms with Crippen molar-refractivity contribution in [2.75, 3.05) is 40.5 Å². The number of Topliss-reactive ketones (excluding diaryl/α,β-unsaturated/α-hetero) is 1. The van der Waals surface area contributed by atoms with Crippen LogP contribution in [0.5, 0.6) is 5.75 Å². The maximum atomic E-state index is 11.4. The molecule has 20 heavy (non-hydrogen) atoms. The lowest BCUT2D eigenvalue weighted by Crippen LogP contribution is -2.30. The van der Waals surface area contributed by atoms with E-state index in [1.807, 2.05) is 0 Å². The minimum atomic E-state index is -0.00779. The van der Waals surface area contributed by atoms with Gasteiger partial charge in [0, 0.05) is 45.0 Å². The van der Waals surface area contributed by atoms with E-state index in [0.29, 0.717) is 25.3 Å². The predicted molar refractivity (Wildman–Crippen MR) is 77.1 cm³/mol. The summed E-state index contributed by atoms with van der Waals surface area (Å²) in [4.78, 5) is 13.5. The van der Waals surface area contributed by atoms with Gasteiger partial charge in [0.15, 0.2) is 5.78 Å². The highest BCUT2D eigenvalue weighted by Crippen LogP contribution is 2.20. The predicted octanol–water partition coefficient (Wildman–Crippen LogP) is 1.69. The summed E-state index contributed by atoms with van der Waals surface area (Å²) in [6.07, 6.45) is 0. The summed E-state index contributed by atoms with van der Waals surface area (Å²) >= 11 is 0. The van der Waals surface area contributed by atoms with Crippen LogP contribution in [-0.2, 0) is 16.0 Å². The zero-order chi connectivity index (χ0) is 15.0. The second-order valence-corrected chi connectivity index (χ2v) is 4.66. The van der Waals surface area contributed by atoms with E-state index in [9.17, 15) is 9.90 Å². The normalized spacial score (nSPS) is 11.0. The Kier molecular flexibility index (Phi) is 7.22. The lowest BCUT2D eigenvalue weighted by Gasteiger charge is -2.22. The number of rotatable bonds is 9. The molecule has 0 aromatic heterocycles. The summed E-state index contributed by atoms with van der Waals surface area (Å²) in [5, 5.41) is 9.92. The quantitative estimate of drug-likeness (QED) is 0.698. The molecule has 0 fully saturated rings. The van der Waals surface area contributed by atoms with E-state index in [1.165, 1.54) is 6.92 Å². The molecular weight excluding hydrogens is 258 g/mol. The van der Waals surface area contributed by atoms with Crippen LogP contribution in [0.15, 0.2) is 18.2 Å². The number of phenolic OH excluding ortho intramolecular Hbond substituents is 1. The summed E-state index contributed by atoms with van der Waals surface area (Å²) in [5.74, 6) is 0.196. The molecule has 1 rings (SSSR count). The molecule has 0 aliphatic carbocycles. The average Bonchev–Trinajstić information content (AvgIpc) is 2.43. The molecule has 1 N–H and O–H groups in total. The number of benzene rings is 1. The number of nitrogens with zero attached hydrogens (tertiary/aromatic N) is 1. The molecule has 0 atom stereocenters. The van der Waals surface area contributed by atoms with Crippen molar-refractivity contribution in [2.24, 2.45) is 0 Å². The molecule has 0 unspecified atom stereocenters. The molecule has 0 aliphatic heterocycles. The number of phenols is 1. The van der Waals surface area contributed by atoms with Crippen LogP contribution in [0.4, 0.5) is 0 Å². The summed E-state index contributed by atoms with van der Waals surface area (Å²) in [6.45, 7) is 4.77. The second kappa shape index (κ2) is 8.68. The van der Waals surface area contributed by atoms with E-state index in [2.05, 4.69) is 4.90 Å². The minimum Gasteiger partial charge on any atom is -0.508 e. The van der Waals surface area contributed by atoms with Crippen molar-refractivity contribution >= 4 is 5.78 Å². The largest absolute Gasteiger partial charge is 0.508 e. The molecule has 112 valence electrons. The van der Waals surface area contributed by atoms with Gasteiger partial charge in [0.05, 0.1) is 13.2 Å². The smallest absolute Gasteiger partial charge is 0.159 e. The summed E-state index contributed by atoms with van der Waals surface area (Å²) in [6, 6.07) is 4.94. The molecule has 1 aromatic rings. The van der Waals surface area contributed by atoms with E-state index < -0.39 is 0 Å². The number of methoxy groups -OCH3 is 2. The Morgan fingerprint density at radius 1 is 1.20 bits per heavy atom.